The molecule has 1 heterocycles. The van der Waals surface area contributed by atoms with Gasteiger partial charge in [0.15, 0.2) is 0 Å². The van der Waals surface area contributed by atoms with Crippen molar-refractivity contribution >= 4 is 50.9 Å². The predicted octanol–water partition coefficient (Wildman–Crippen LogP) is 7.05. The lowest BCUT2D eigenvalue weighted by Gasteiger charge is -2.13. The highest BCUT2D eigenvalue weighted by Crippen LogP contribution is 2.29. The van der Waals surface area contributed by atoms with Crippen LogP contribution in [-0.4, -0.2) is 41.2 Å². The normalized spacial score (nSPS) is 11.3. The number of hydrogen-bond donors (Lipinski definition) is 3. The Balaban J connectivity index is 1.42. The fourth-order valence-corrected chi connectivity index (χ4v) is 6.84. The molecule has 0 spiro atoms. The lowest BCUT2D eigenvalue weighted by molar-refractivity contribution is 0.0981. The summed E-state index contributed by atoms with van der Waals surface area (Å²) in [5, 5.41) is 10.6. The highest BCUT2D eigenvalue weighted by atomic mass is 35.5. The van der Waals surface area contributed by atoms with Gasteiger partial charge in [0.25, 0.3) is 15.9 Å². The number of halogens is 2. The van der Waals surface area contributed by atoms with E-state index in [4.69, 9.17) is 23.2 Å². The van der Waals surface area contributed by atoms with E-state index in [1.54, 1.807) is 77.4 Å². The molecule has 0 radical (unpaired) electrons. The first kappa shape index (κ1) is 36.4. The van der Waals surface area contributed by atoms with Gasteiger partial charge < -0.3 is 10.6 Å². The quantitative estimate of drug-likeness (QED) is 0.118. The molecule has 260 valence electrons. The number of nitrogens with zero attached hydrogens (tertiary/aromatic N) is 3. The van der Waals surface area contributed by atoms with Crippen LogP contribution in [0.2, 0.25) is 10.0 Å². The molecule has 0 unspecified atom stereocenters. The third kappa shape index (κ3) is 8.44. The van der Waals surface area contributed by atoms with Gasteiger partial charge in [-0.3, -0.25) is 9.36 Å². The van der Waals surface area contributed by atoms with Gasteiger partial charge in [0.05, 0.1) is 32.7 Å². The molecule has 0 atom stereocenters. The Bertz CT molecular complexity index is 2180. The van der Waals surface area contributed by atoms with Gasteiger partial charge in [0.2, 0.25) is 0 Å². The first-order chi connectivity index (χ1) is 24.0. The second kappa shape index (κ2) is 16.2. The van der Waals surface area contributed by atoms with E-state index in [1.165, 1.54) is 22.9 Å². The van der Waals surface area contributed by atoms with Crippen LogP contribution in [0.3, 0.4) is 0 Å². The minimum absolute atomic E-state index is 0.0397. The molecule has 0 aliphatic heterocycles. The van der Waals surface area contributed by atoms with Crippen molar-refractivity contribution in [2.75, 3.05) is 11.9 Å². The molecule has 1 aromatic heterocycles. The third-order valence-electron chi connectivity index (χ3n) is 7.79. The molecule has 5 rings (SSSR count). The number of benzene rings is 4. The number of unbranched alkanes of at least 4 members (excludes halogenated alkanes) is 1. The zero-order valence-corrected chi connectivity index (χ0v) is 29.8. The zero-order chi connectivity index (χ0) is 35.8. The number of aryl methyl sites for hydroxylation is 1. The topological polar surface area (TPSA) is 144 Å². The van der Waals surface area contributed by atoms with Gasteiger partial charge in [-0.25, -0.2) is 22.7 Å². The zero-order valence-electron chi connectivity index (χ0n) is 27.4. The Morgan fingerprint density at radius 1 is 0.860 bits per heavy atom. The molecule has 4 aromatic carbocycles. The van der Waals surface area contributed by atoms with E-state index in [0.717, 1.165) is 24.8 Å². The Kier molecular flexibility index (Phi) is 11.8. The van der Waals surface area contributed by atoms with E-state index in [-0.39, 0.29) is 28.1 Å². The number of urea groups is 1. The van der Waals surface area contributed by atoms with Gasteiger partial charge in [-0.1, -0.05) is 98.1 Å². The Hall–Kier alpha value is -4.91. The SMILES string of the molecule is CCCCc1nn(-c2cc(NC(=O)NCCC)ccc2Cl)c(=O)n1Cc1ccc(-c2ccccc2S(=O)(=O)NC(=O)c2ccccc2Cl)cc1. The Morgan fingerprint density at radius 2 is 1.58 bits per heavy atom. The summed E-state index contributed by atoms with van der Waals surface area (Å²) in [5.74, 6) is -0.269. The average molecular weight is 736 g/mol. The summed E-state index contributed by atoms with van der Waals surface area (Å²) in [5.41, 5.74) is 2.17. The molecule has 0 aliphatic carbocycles. The Morgan fingerprint density at radius 3 is 2.30 bits per heavy atom. The molecule has 3 N–H and O–H groups in total. The number of rotatable bonds is 13. The molecule has 0 saturated heterocycles. The lowest BCUT2D eigenvalue weighted by atomic mass is 10.0. The highest BCUT2D eigenvalue weighted by Gasteiger charge is 2.24. The molecule has 0 aliphatic rings. The van der Waals surface area contributed by atoms with Crippen molar-refractivity contribution in [1.29, 1.82) is 0 Å². The van der Waals surface area contributed by atoms with E-state index < -0.39 is 21.6 Å². The van der Waals surface area contributed by atoms with Crippen molar-refractivity contribution in [3.63, 3.8) is 0 Å². The van der Waals surface area contributed by atoms with Crippen LogP contribution in [0.5, 0.6) is 0 Å². The predicted molar refractivity (Wildman–Crippen MR) is 196 cm³/mol. The van der Waals surface area contributed by atoms with Crippen LogP contribution in [0.1, 0.15) is 54.9 Å². The number of sulfonamides is 1. The summed E-state index contributed by atoms with van der Waals surface area (Å²) < 4.78 is 31.7. The summed E-state index contributed by atoms with van der Waals surface area (Å²) in [4.78, 5) is 38.8. The number of amides is 3. The van der Waals surface area contributed by atoms with Crippen LogP contribution in [0, 0.1) is 0 Å². The van der Waals surface area contributed by atoms with Crippen LogP contribution in [0.4, 0.5) is 10.5 Å². The number of hydrogen-bond acceptors (Lipinski definition) is 6. The van der Waals surface area contributed by atoms with Crippen LogP contribution < -0.4 is 21.0 Å². The monoisotopic (exact) mass is 734 g/mol. The van der Waals surface area contributed by atoms with Crippen LogP contribution in [-0.2, 0) is 23.0 Å². The molecule has 5 aromatic rings. The smallest absolute Gasteiger partial charge is 0.338 e. The van der Waals surface area contributed by atoms with Crippen LogP contribution >= 0.6 is 23.2 Å². The second-order valence-electron chi connectivity index (χ2n) is 11.5. The molecule has 0 bridgehead atoms. The summed E-state index contributed by atoms with van der Waals surface area (Å²) in [6.07, 6.45) is 3.04. The van der Waals surface area contributed by atoms with Gasteiger partial charge in [0, 0.05) is 24.2 Å². The highest BCUT2D eigenvalue weighted by molar-refractivity contribution is 7.90. The van der Waals surface area contributed by atoms with Crippen LogP contribution in [0.15, 0.2) is 101 Å². The van der Waals surface area contributed by atoms with Gasteiger partial charge >= 0.3 is 11.7 Å². The fourth-order valence-electron chi connectivity index (χ4n) is 5.23. The molecule has 14 heteroatoms. The number of aromatic nitrogens is 3. The van der Waals surface area contributed by atoms with E-state index in [9.17, 15) is 22.8 Å². The second-order valence-corrected chi connectivity index (χ2v) is 13.9. The van der Waals surface area contributed by atoms with E-state index >= 15 is 0 Å². The maximum Gasteiger partial charge on any atom is 0.351 e. The van der Waals surface area contributed by atoms with Crippen molar-refractivity contribution in [3.8, 4) is 16.8 Å². The molecular weight excluding hydrogens is 699 g/mol. The first-order valence-corrected chi connectivity index (χ1v) is 18.3. The molecule has 50 heavy (non-hydrogen) atoms. The van der Waals surface area contributed by atoms with Gasteiger partial charge in [-0.15, -0.1) is 5.10 Å². The van der Waals surface area contributed by atoms with E-state index in [1.807, 2.05) is 13.8 Å². The third-order valence-corrected chi connectivity index (χ3v) is 9.83. The lowest BCUT2D eigenvalue weighted by Crippen LogP contribution is -2.31. The first-order valence-electron chi connectivity index (χ1n) is 16.1. The molecular formula is C36H36Cl2N6O5S. The summed E-state index contributed by atoms with van der Waals surface area (Å²) in [6.45, 7) is 4.72. The number of carbonyl (C=O) groups is 2. The minimum atomic E-state index is -4.28. The number of anilines is 1. The maximum atomic E-state index is 13.8. The largest absolute Gasteiger partial charge is 0.351 e. The Labute approximate surface area is 300 Å². The molecule has 0 saturated carbocycles. The average Bonchev–Trinajstić information content (AvgIpc) is 3.41. The van der Waals surface area contributed by atoms with Crippen molar-refractivity contribution in [2.24, 2.45) is 0 Å². The summed E-state index contributed by atoms with van der Waals surface area (Å²) in [7, 11) is -4.28. The van der Waals surface area contributed by atoms with Crippen LogP contribution in [0.25, 0.3) is 16.8 Å². The van der Waals surface area contributed by atoms with Gasteiger partial charge in [-0.2, -0.15) is 4.68 Å². The van der Waals surface area contributed by atoms with Gasteiger partial charge in [0.1, 0.15) is 5.82 Å². The summed E-state index contributed by atoms with van der Waals surface area (Å²) in [6, 6.07) is 24.2. The molecule has 11 nitrogen and oxygen atoms in total. The summed E-state index contributed by atoms with van der Waals surface area (Å²) >= 11 is 12.6. The molecule has 3 amide bonds. The number of carbonyl (C=O) groups excluding carboxylic acids is 2. The van der Waals surface area contributed by atoms with Crippen molar-refractivity contribution < 1.29 is 18.0 Å². The standard InChI is InChI=1S/C36H36Cl2N6O5S/c1-3-5-14-33-41-44(31-22-26(19-20-30(31)38)40-35(46)39-21-4-2)36(47)43(33)23-24-15-17-25(18-16-24)27-10-7-9-13-32(27)50(48,49)42-34(45)28-11-6-8-12-29(28)37/h6-13,15-20,22H,3-5,14,21,23H2,1-2H3,(H,42,45)(H2,39,40,46). The maximum absolute atomic E-state index is 13.8. The fraction of sp³-hybridized carbons (Fsp3) is 0.222. The van der Waals surface area contributed by atoms with E-state index in [2.05, 4.69) is 20.5 Å². The minimum Gasteiger partial charge on any atom is -0.338 e. The van der Waals surface area contributed by atoms with Gasteiger partial charge in [-0.05, 0) is 60.4 Å². The van der Waals surface area contributed by atoms with Crippen molar-refractivity contribution in [1.82, 2.24) is 24.4 Å². The van der Waals surface area contributed by atoms with Crippen molar-refractivity contribution in [2.45, 2.75) is 51.0 Å². The van der Waals surface area contributed by atoms with E-state index in [0.29, 0.717) is 46.3 Å². The van der Waals surface area contributed by atoms with Crippen molar-refractivity contribution in [3.05, 3.63) is 128 Å². The molecule has 0 fully saturated rings. The number of nitrogens with one attached hydrogen (secondary N) is 3.